The number of benzene rings is 3. The highest BCUT2D eigenvalue weighted by atomic mass is 35.5. The number of Topliss-reactive ketones (excluding diaryl/α,β-unsaturated/α-hetero) is 1. The normalized spacial score (nSPS) is 10.4. The molecule has 1 amide bonds. The highest BCUT2D eigenvalue weighted by Crippen LogP contribution is 2.21. The average molecular weight is 414 g/mol. The van der Waals surface area contributed by atoms with Gasteiger partial charge in [-0.15, -0.1) is 0 Å². The number of hydrogen-bond acceptors (Lipinski definition) is 3. The summed E-state index contributed by atoms with van der Waals surface area (Å²) in [5.41, 5.74) is 1.81. The molecule has 0 fully saturated rings. The molecule has 142 valence electrons. The van der Waals surface area contributed by atoms with Crippen LogP contribution >= 0.6 is 23.2 Å². The zero-order valence-electron chi connectivity index (χ0n) is 14.8. The summed E-state index contributed by atoms with van der Waals surface area (Å²) in [6, 6.07) is 20.7. The van der Waals surface area contributed by atoms with Gasteiger partial charge in [0.1, 0.15) is 12.4 Å². The lowest BCUT2D eigenvalue weighted by molar-refractivity contribution is -0.120. The van der Waals surface area contributed by atoms with E-state index in [1.54, 1.807) is 72.8 Å². The molecule has 0 aromatic heterocycles. The Morgan fingerprint density at radius 2 is 1.43 bits per heavy atom. The lowest BCUT2D eigenvalue weighted by Gasteiger charge is -2.11. The lowest BCUT2D eigenvalue weighted by Crippen LogP contribution is -2.17. The van der Waals surface area contributed by atoms with Crippen LogP contribution < -0.4 is 10.1 Å². The summed E-state index contributed by atoms with van der Waals surface area (Å²) in [6.45, 7) is -0.131. The van der Waals surface area contributed by atoms with Gasteiger partial charge < -0.3 is 10.1 Å². The fourth-order valence-electron chi connectivity index (χ4n) is 2.55. The summed E-state index contributed by atoms with van der Waals surface area (Å²) in [7, 11) is 0. The molecule has 1 N–H and O–H groups in total. The number of ketones is 1. The maximum Gasteiger partial charge on any atom is 0.259 e. The molecular formula is C22H17Cl2NO3. The number of carbonyl (C=O) groups excluding carboxylic acids is 2. The Bertz CT molecular complexity index is 970. The minimum Gasteiger partial charge on any atom is -0.485 e. The zero-order valence-corrected chi connectivity index (χ0v) is 16.3. The van der Waals surface area contributed by atoms with Crippen LogP contribution in [0.15, 0.2) is 72.8 Å². The molecule has 0 bridgehead atoms. The number of carbonyl (C=O) groups is 2. The second-order valence-corrected chi connectivity index (χ2v) is 6.96. The Morgan fingerprint density at radius 3 is 2.11 bits per heavy atom. The van der Waals surface area contributed by atoms with Gasteiger partial charge in [-0.25, -0.2) is 0 Å². The molecule has 0 unspecified atom stereocenters. The Balaban J connectivity index is 1.63. The number of hydrogen-bond donors (Lipinski definition) is 1. The molecule has 0 aliphatic carbocycles. The van der Waals surface area contributed by atoms with Gasteiger partial charge in [-0.2, -0.15) is 0 Å². The van der Waals surface area contributed by atoms with Crippen LogP contribution in [-0.2, 0) is 11.2 Å². The predicted molar refractivity (Wildman–Crippen MR) is 112 cm³/mol. The van der Waals surface area contributed by atoms with Crippen molar-refractivity contribution in [3.8, 4) is 5.75 Å². The molecule has 3 rings (SSSR count). The largest absolute Gasteiger partial charge is 0.485 e. The highest BCUT2D eigenvalue weighted by Gasteiger charge is 2.14. The first-order valence-corrected chi connectivity index (χ1v) is 9.32. The van der Waals surface area contributed by atoms with E-state index in [4.69, 9.17) is 27.9 Å². The van der Waals surface area contributed by atoms with Crippen LogP contribution in [0.1, 0.15) is 15.9 Å². The Labute approximate surface area is 173 Å². The number of amides is 1. The third-order valence-electron chi connectivity index (χ3n) is 3.94. The second-order valence-electron chi connectivity index (χ2n) is 6.09. The number of rotatable bonds is 7. The van der Waals surface area contributed by atoms with Crippen molar-refractivity contribution < 1.29 is 14.3 Å². The summed E-state index contributed by atoms with van der Waals surface area (Å²) in [5.74, 6) is -0.0864. The summed E-state index contributed by atoms with van der Waals surface area (Å²) in [5, 5.41) is 3.99. The fraction of sp³-hybridized carbons (Fsp3) is 0.0909. The number of ether oxygens (including phenoxy) is 1. The van der Waals surface area contributed by atoms with Crippen molar-refractivity contribution in [1.82, 2.24) is 0 Å². The standard InChI is InChI=1S/C22H17Cl2NO3/c23-16-7-5-15(6-8-16)13-19(26)14-28-21-4-2-1-3-20(21)22(27)25-18-11-9-17(24)10-12-18/h1-12H,13-14H2,(H,25,27). The Hall–Kier alpha value is -2.82. The molecule has 0 saturated heterocycles. The van der Waals surface area contributed by atoms with E-state index >= 15 is 0 Å². The maximum atomic E-state index is 12.6. The van der Waals surface area contributed by atoms with Gasteiger partial charge in [0, 0.05) is 22.2 Å². The molecular weight excluding hydrogens is 397 g/mol. The van der Waals surface area contributed by atoms with Crippen LogP contribution in [-0.4, -0.2) is 18.3 Å². The third kappa shape index (κ3) is 5.59. The SMILES string of the molecule is O=C(COc1ccccc1C(=O)Nc1ccc(Cl)cc1)Cc1ccc(Cl)cc1. The first kappa shape index (κ1) is 19.9. The minimum absolute atomic E-state index is 0.102. The first-order valence-electron chi connectivity index (χ1n) is 8.56. The van der Waals surface area contributed by atoms with E-state index in [1.165, 1.54) is 0 Å². The van der Waals surface area contributed by atoms with Crippen molar-refractivity contribution in [3.05, 3.63) is 94.0 Å². The van der Waals surface area contributed by atoms with Crippen molar-refractivity contribution >= 4 is 40.6 Å². The molecule has 0 radical (unpaired) electrons. The molecule has 0 saturated carbocycles. The van der Waals surface area contributed by atoms with Crippen molar-refractivity contribution in [1.29, 1.82) is 0 Å². The molecule has 0 aliphatic rings. The maximum absolute atomic E-state index is 12.6. The van der Waals surface area contributed by atoms with E-state index in [2.05, 4.69) is 5.32 Å². The van der Waals surface area contributed by atoms with Gasteiger partial charge in [-0.1, -0.05) is 47.5 Å². The van der Waals surface area contributed by atoms with Gasteiger partial charge in [-0.3, -0.25) is 9.59 Å². The monoisotopic (exact) mass is 413 g/mol. The van der Waals surface area contributed by atoms with Crippen molar-refractivity contribution in [2.24, 2.45) is 0 Å². The van der Waals surface area contributed by atoms with Gasteiger partial charge in [-0.05, 0) is 54.1 Å². The van der Waals surface area contributed by atoms with Crippen LogP contribution in [0.4, 0.5) is 5.69 Å². The zero-order chi connectivity index (χ0) is 19.9. The molecule has 3 aromatic carbocycles. The minimum atomic E-state index is -0.330. The summed E-state index contributed by atoms with van der Waals surface area (Å²) in [6.07, 6.45) is 0.232. The Kier molecular flexibility index (Phi) is 6.69. The van der Waals surface area contributed by atoms with E-state index in [0.29, 0.717) is 27.0 Å². The quantitative estimate of drug-likeness (QED) is 0.561. The number of para-hydroxylation sites is 1. The number of nitrogens with one attached hydrogen (secondary N) is 1. The van der Waals surface area contributed by atoms with E-state index in [1.807, 2.05) is 0 Å². The molecule has 0 spiro atoms. The fourth-order valence-corrected chi connectivity index (χ4v) is 2.80. The molecule has 0 heterocycles. The molecule has 0 aliphatic heterocycles. The van der Waals surface area contributed by atoms with Crippen LogP contribution in [0.5, 0.6) is 5.75 Å². The summed E-state index contributed by atoms with van der Waals surface area (Å²) < 4.78 is 5.62. The number of halogens is 2. The smallest absolute Gasteiger partial charge is 0.259 e. The molecule has 6 heteroatoms. The Morgan fingerprint density at radius 1 is 0.821 bits per heavy atom. The predicted octanol–water partition coefficient (Wildman–Crippen LogP) is 5.44. The van der Waals surface area contributed by atoms with Crippen LogP contribution in [0, 0.1) is 0 Å². The van der Waals surface area contributed by atoms with Gasteiger partial charge in [0.2, 0.25) is 0 Å². The first-order chi connectivity index (χ1) is 13.5. The lowest BCUT2D eigenvalue weighted by atomic mass is 10.1. The average Bonchev–Trinajstić information content (AvgIpc) is 2.70. The summed E-state index contributed by atoms with van der Waals surface area (Å²) in [4.78, 5) is 24.8. The summed E-state index contributed by atoms with van der Waals surface area (Å²) >= 11 is 11.7. The van der Waals surface area contributed by atoms with E-state index in [-0.39, 0.29) is 24.7 Å². The second kappa shape index (κ2) is 9.40. The third-order valence-corrected chi connectivity index (χ3v) is 4.44. The van der Waals surface area contributed by atoms with Gasteiger partial charge in [0.05, 0.1) is 5.56 Å². The van der Waals surface area contributed by atoms with Crippen molar-refractivity contribution in [2.75, 3.05) is 11.9 Å². The van der Waals surface area contributed by atoms with Crippen molar-refractivity contribution in [2.45, 2.75) is 6.42 Å². The van der Waals surface area contributed by atoms with Crippen LogP contribution in [0.25, 0.3) is 0 Å². The van der Waals surface area contributed by atoms with Gasteiger partial charge in [0.25, 0.3) is 5.91 Å². The molecule has 4 nitrogen and oxygen atoms in total. The van der Waals surface area contributed by atoms with E-state index in [0.717, 1.165) is 5.56 Å². The number of anilines is 1. The highest BCUT2D eigenvalue weighted by molar-refractivity contribution is 6.30. The van der Waals surface area contributed by atoms with E-state index in [9.17, 15) is 9.59 Å². The van der Waals surface area contributed by atoms with Crippen LogP contribution in [0.3, 0.4) is 0 Å². The van der Waals surface area contributed by atoms with Crippen LogP contribution in [0.2, 0.25) is 10.0 Å². The van der Waals surface area contributed by atoms with E-state index < -0.39 is 0 Å². The molecule has 0 atom stereocenters. The van der Waals surface area contributed by atoms with Gasteiger partial charge in [0.15, 0.2) is 5.78 Å². The molecule has 28 heavy (non-hydrogen) atoms. The van der Waals surface area contributed by atoms with Gasteiger partial charge >= 0.3 is 0 Å². The topological polar surface area (TPSA) is 55.4 Å². The van der Waals surface area contributed by atoms with Crippen molar-refractivity contribution in [3.63, 3.8) is 0 Å². The molecule has 3 aromatic rings.